The highest BCUT2D eigenvalue weighted by Gasteiger charge is 2.32. The Hall–Kier alpha value is -2.01. The first kappa shape index (κ1) is 13.0. The fourth-order valence-corrected chi connectivity index (χ4v) is 2.66. The zero-order valence-electron chi connectivity index (χ0n) is 11.9. The van der Waals surface area contributed by atoms with Crippen LogP contribution in [0.2, 0.25) is 0 Å². The van der Waals surface area contributed by atoms with Crippen molar-refractivity contribution in [3.63, 3.8) is 0 Å². The van der Waals surface area contributed by atoms with Gasteiger partial charge >= 0.3 is 6.03 Å². The van der Waals surface area contributed by atoms with Crippen molar-refractivity contribution >= 4 is 17.3 Å². The molecule has 1 aromatic carbocycles. The third kappa shape index (κ3) is 2.36. The summed E-state index contributed by atoms with van der Waals surface area (Å²) >= 11 is 0. The third-order valence-electron chi connectivity index (χ3n) is 3.68. The largest absolute Gasteiger partial charge is 0.361 e. The zero-order chi connectivity index (χ0) is 14.1. The molecule has 2 amide bonds. The SMILES string of the molecule is CN(C)CCCN1C=C2c3ccccc3N[C@@H]2NC1=O. The van der Waals surface area contributed by atoms with Crippen LogP contribution in [0.1, 0.15) is 12.0 Å². The summed E-state index contributed by atoms with van der Waals surface area (Å²) in [4.78, 5) is 16.0. The number of rotatable bonds is 4. The number of hydrogen-bond donors (Lipinski definition) is 2. The molecule has 1 aromatic rings. The van der Waals surface area contributed by atoms with Crippen LogP contribution in [0.25, 0.3) is 5.57 Å². The van der Waals surface area contributed by atoms with E-state index in [0.29, 0.717) is 0 Å². The Bertz CT molecular complexity index is 553. The minimum absolute atomic E-state index is 0.0298. The Kier molecular flexibility index (Phi) is 3.36. The first-order chi connectivity index (χ1) is 9.65. The highest BCUT2D eigenvalue weighted by Crippen LogP contribution is 2.35. The minimum Gasteiger partial charge on any atom is -0.361 e. The number of carbonyl (C=O) groups is 1. The summed E-state index contributed by atoms with van der Waals surface area (Å²) in [6.45, 7) is 1.72. The van der Waals surface area contributed by atoms with Gasteiger partial charge in [-0.3, -0.25) is 0 Å². The predicted molar refractivity (Wildman–Crippen MR) is 80.2 cm³/mol. The maximum Gasteiger partial charge on any atom is 0.323 e. The minimum atomic E-state index is -0.0926. The van der Waals surface area contributed by atoms with Gasteiger partial charge in [0.2, 0.25) is 0 Å². The molecule has 20 heavy (non-hydrogen) atoms. The second-order valence-electron chi connectivity index (χ2n) is 5.51. The molecule has 106 valence electrons. The second-order valence-corrected chi connectivity index (χ2v) is 5.51. The van der Waals surface area contributed by atoms with E-state index in [-0.39, 0.29) is 12.2 Å². The number of urea groups is 1. The lowest BCUT2D eigenvalue weighted by Gasteiger charge is -2.29. The summed E-state index contributed by atoms with van der Waals surface area (Å²) < 4.78 is 0. The summed E-state index contributed by atoms with van der Waals surface area (Å²) in [6, 6.07) is 8.12. The van der Waals surface area contributed by atoms with Gasteiger partial charge in [-0.05, 0) is 33.1 Å². The van der Waals surface area contributed by atoms with Crippen LogP contribution in [0.15, 0.2) is 30.5 Å². The number of carbonyl (C=O) groups excluding carboxylic acids is 1. The lowest BCUT2D eigenvalue weighted by molar-refractivity contribution is 0.209. The molecule has 1 atom stereocenters. The Morgan fingerprint density at radius 1 is 1.25 bits per heavy atom. The lowest BCUT2D eigenvalue weighted by Crippen LogP contribution is -2.49. The molecule has 2 heterocycles. The molecule has 0 fully saturated rings. The molecule has 5 heteroatoms. The highest BCUT2D eigenvalue weighted by molar-refractivity contribution is 5.93. The van der Waals surface area contributed by atoms with Gasteiger partial charge < -0.3 is 20.4 Å². The van der Waals surface area contributed by atoms with Gasteiger partial charge in [0.1, 0.15) is 6.17 Å². The molecule has 0 bridgehead atoms. The highest BCUT2D eigenvalue weighted by atomic mass is 16.2. The fourth-order valence-electron chi connectivity index (χ4n) is 2.66. The van der Waals surface area contributed by atoms with E-state index in [9.17, 15) is 4.79 Å². The Morgan fingerprint density at radius 3 is 2.85 bits per heavy atom. The first-order valence-electron chi connectivity index (χ1n) is 6.94. The van der Waals surface area contributed by atoms with E-state index in [2.05, 4.69) is 21.6 Å². The normalized spacial score (nSPS) is 20.1. The smallest absolute Gasteiger partial charge is 0.323 e. The molecule has 0 saturated carbocycles. The van der Waals surface area contributed by atoms with Crippen LogP contribution < -0.4 is 10.6 Å². The van der Waals surface area contributed by atoms with Gasteiger partial charge in [-0.1, -0.05) is 18.2 Å². The maximum absolute atomic E-state index is 12.1. The van der Waals surface area contributed by atoms with Crippen molar-refractivity contribution in [1.82, 2.24) is 15.1 Å². The van der Waals surface area contributed by atoms with E-state index in [1.54, 1.807) is 4.90 Å². The molecule has 0 spiro atoms. The van der Waals surface area contributed by atoms with Gasteiger partial charge in [0, 0.05) is 29.6 Å². The number of benzene rings is 1. The van der Waals surface area contributed by atoms with Gasteiger partial charge in [0.05, 0.1) is 0 Å². The monoisotopic (exact) mass is 272 g/mol. The molecular weight excluding hydrogens is 252 g/mol. The molecular formula is C15H20N4O. The number of hydrogen-bond acceptors (Lipinski definition) is 3. The standard InChI is InChI=1S/C15H20N4O/c1-18(2)8-5-9-19-10-12-11-6-3-4-7-13(11)16-14(12)17-15(19)20/h3-4,6-7,10,14,16H,5,8-9H2,1-2H3,(H,17,20)/t14-/m1/s1. The van der Waals surface area contributed by atoms with E-state index in [1.807, 2.05) is 38.5 Å². The molecule has 0 aliphatic carbocycles. The Labute approximate surface area is 119 Å². The maximum atomic E-state index is 12.1. The molecule has 0 aromatic heterocycles. The zero-order valence-corrected chi connectivity index (χ0v) is 11.9. The van der Waals surface area contributed by atoms with Crippen molar-refractivity contribution in [1.29, 1.82) is 0 Å². The summed E-state index contributed by atoms with van der Waals surface area (Å²) in [5.74, 6) is 0. The quantitative estimate of drug-likeness (QED) is 0.878. The van der Waals surface area contributed by atoms with Crippen molar-refractivity contribution < 1.29 is 4.79 Å². The predicted octanol–water partition coefficient (Wildman–Crippen LogP) is 1.76. The molecule has 2 aliphatic heterocycles. The number of nitrogens with zero attached hydrogens (tertiary/aromatic N) is 2. The second kappa shape index (κ2) is 5.17. The average Bonchev–Trinajstić information content (AvgIpc) is 2.76. The van der Waals surface area contributed by atoms with E-state index in [0.717, 1.165) is 30.8 Å². The van der Waals surface area contributed by atoms with Crippen LogP contribution in [-0.4, -0.2) is 49.2 Å². The number of nitrogens with one attached hydrogen (secondary N) is 2. The van der Waals surface area contributed by atoms with Gasteiger partial charge in [-0.2, -0.15) is 0 Å². The topological polar surface area (TPSA) is 47.6 Å². The molecule has 0 radical (unpaired) electrons. The van der Waals surface area contributed by atoms with Crippen LogP contribution in [0.5, 0.6) is 0 Å². The van der Waals surface area contributed by atoms with E-state index in [4.69, 9.17) is 0 Å². The van der Waals surface area contributed by atoms with Crippen molar-refractivity contribution in [2.75, 3.05) is 32.5 Å². The van der Waals surface area contributed by atoms with Crippen LogP contribution in [-0.2, 0) is 0 Å². The van der Waals surface area contributed by atoms with E-state index < -0.39 is 0 Å². The van der Waals surface area contributed by atoms with Gasteiger partial charge in [-0.15, -0.1) is 0 Å². The van der Waals surface area contributed by atoms with Crippen LogP contribution >= 0.6 is 0 Å². The van der Waals surface area contributed by atoms with Crippen molar-refractivity contribution in [3.05, 3.63) is 36.0 Å². The molecule has 0 saturated heterocycles. The van der Waals surface area contributed by atoms with Gasteiger partial charge in [-0.25, -0.2) is 4.79 Å². The average molecular weight is 272 g/mol. The molecule has 2 aliphatic rings. The molecule has 0 unspecified atom stereocenters. The molecule has 5 nitrogen and oxygen atoms in total. The van der Waals surface area contributed by atoms with E-state index in [1.165, 1.54) is 5.56 Å². The summed E-state index contributed by atoms with van der Waals surface area (Å²) in [5.41, 5.74) is 3.40. The lowest BCUT2D eigenvalue weighted by atomic mass is 10.1. The van der Waals surface area contributed by atoms with Crippen molar-refractivity contribution in [2.24, 2.45) is 0 Å². The van der Waals surface area contributed by atoms with Gasteiger partial charge in [0.25, 0.3) is 0 Å². The van der Waals surface area contributed by atoms with Crippen LogP contribution in [0.3, 0.4) is 0 Å². The van der Waals surface area contributed by atoms with E-state index >= 15 is 0 Å². The number of fused-ring (bicyclic) bond motifs is 3. The summed E-state index contributed by atoms with van der Waals surface area (Å²) in [6.07, 6.45) is 2.85. The Balaban J connectivity index is 1.77. The number of anilines is 1. The van der Waals surface area contributed by atoms with Crippen molar-refractivity contribution in [3.8, 4) is 0 Å². The first-order valence-corrected chi connectivity index (χ1v) is 6.94. The number of para-hydroxylation sites is 1. The third-order valence-corrected chi connectivity index (χ3v) is 3.68. The molecule has 2 N–H and O–H groups in total. The van der Waals surface area contributed by atoms with Crippen LogP contribution in [0, 0.1) is 0 Å². The summed E-state index contributed by atoms with van der Waals surface area (Å²) in [7, 11) is 4.09. The summed E-state index contributed by atoms with van der Waals surface area (Å²) in [5, 5.41) is 6.33. The molecule has 3 rings (SSSR count). The van der Waals surface area contributed by atoms with Crippen LogP contribution in [0.4, 0.5) is 10.5 Å². The van der Waals surface area contributed by atoms with Crippen molar-refractivity contribution in [2.45, 2.75) is 12.6 Å². The Morgan fingerprint density at radius 2 is 2.05 bits per heavy atom. The fraction of sp³-hybridized carbons (Fsp3) is 0.400. The van der Waals surface area contributed by atoms with Gasteiger partial charge in [0.15, 0.2) is 0 Å². The number of amides is 2.